The standard InChI is InChI=1S/C23H36N4O6S/c1-13(2)18(21(30)25-17(23(32)33)10-11-34-4)26-22(31)19(14(3)28)27-20(29)16(24)12-15-8-6-5-7-9-15/h5-9,13-14,16-19,28H,10-12,24H2,1-4H3,(H,25,30)(H,26,31)(H,27,29)(H,32,33). The Kier molecular flexibility index (Phi) is 12.6. The smallest absolute Gasteiger partial charge is 0.326 e. The molecule has 5 atom stereocenters. The molecule has 0 heterocycles. The van der Waals surface area contributed by atoms with Crippen molar-refractivity contribution in [3.8, 4) is 0 Å². The van der Waals surface area contributed by atoms with E-state index in [0.29, 0.717) is 5.75 Å². The lowest BCUT2D eigenvalue weighted by Gasteiger charge is -2.28. The average molecular weight is 497 g/mol. The maximum atomic E-state index is 12.9. The number of hydrogen-bond acceptors (Lipinski definition) is 7. The fourth-order valence-corrected chi connectivity index (χ4v) is 3.63. The highest BCUT2D eigenvalue weighted by atomic mass is 32.2. The number of nitrogens with two attached hydrogens (primary N) is 1. The summed E-state index contributed by atoms with van der Waals surface area (Å²) < 4.78 is 0. The Labute approximate surface area is 204 Å². The lowest BCUT2D eigenvalue weighted by Crippen LogP contribution is -2.61. The van der Waals surface area contributed by atoms with Gasteiger partial charge in [-0.05, 0) is 43.3 Å². The van der Waals surface area contributed by atoms with E-state index >= 15 is 0 Å². The molecule has 0 aliphatic rings. The van der Waals surface area contributed by atoms with Gasteiger partial charge in [0.25, 0.3) is 0 Å². The molecule has 0 aromatic heterocycles. The van der Waals surface area contributed by atoms with Crippen LogP contribution >= 0.6 is 11.8 Å². The molecule has 1 aromatic carbocycles. The summed E-state index contributed by atoms with van der Waals surface area (Å²) in [5, 5.41) is 26.9. The lowest BCUT2D eigenvalue weighted by atomic mass is 10.0. The van der Waals surface area contributed by atoms with E-state index in [9.17, 15) is 29.4 Å². The Balaban J connectivity index is 2.86. The molecule has 7 N–H and O–H groups in total. The predicted molar refractivity (Wildman–Crippen MR) is 131 cm³/mol. The maximum absolute atomic E-state index is 12.9. The molecule has 0 aliphatic carbocycles. The topological polar surface area (TPSA) is 171 Å². The molecule has 34 heavy (non-hydrogen) atoms. The molecule has 10 nitrogen and oxygen atoms in total. The third kappa shape index (κ3) is 9.70. The second-order valence-electron chi connectivity index (χ2n) is 8.43. The number of carbonyl (C=O) groups excluding carboxylic acids is 3. The molecular weight excluding hydrogens is 460 g/mol. The minimum absolute atomic E-state index is 0.229. The first-order valence-electron chi connectivity index (χ1n) is 11.1. The van der Waals surface area contributed by atoms with Gasteiger partial charge in [0.1, 0.15) is 18.1 Å². The van der Waals surface area contributed by atoms with Gasteiger partial charge < -0.3 is 31.9 Å². The van der Waals surface area contributed by atoms with Gasteiger partial charge in [0, 0.05) is 0 Å². The molecule has 0 aliphatic heterocycles. The summed E-state index contributed by atoms with van der Waals surface area (Å²) in [6, 6.07) is 4.65. The average Bonchev–Trinajstić information content (AvgIpc) is 2.77. The van der Waals surface area contributed by atoms with E-state index < -0.39 is 54.0 Å². The van der Waals surface area contributed by atoms with Crippen molar-refractivity contribution in [3.05, 3.63) is 35.9 Å². The molecule has 3 amide bonds. The Morgan fingerprint density at radius 1 is 0.941 bits per heavy atom. The van der Waals surface area contributed by atoms with Gasteiger partial charge in [-0.1, -0.05) is 44.2 Å². The van der Waals surface area contributed by atoms with Crippen molar-refractivity contribution in [1.29, 1.82) is 0 Å². The zero-order valence-corrected chi connectivity index (χ0v) is 20.8. The molecule has 1 rings (SSSR count). The number of carboxylic acid groups (broad SMARTS) is 1. The minimum atomic E-state index is -1.35. The quantitative estimate of drug-likeness (QED) is 0.207. The highest BCUT2D eigenvalue weighted by molar-refractivity contribution is 7.98. The number of nitrogens with one attached hydrogen (secondary N) is 3. The van der Waals surface area contributed by atoms with Gasteiger partial charge in [-0.3, -0.25) is 14.4 Å². The number of thioether (sulfide) groups is 1. The molecule has 5 unspecified atom stereocenters. The van der Waals surface area contributed by atoms with Crippen LogP contribution in [0.25, 0.3) is 0 Å². The van der Waals surface area contributed by atoms with Gasteiger partial charge in [-0.2, -0.15) is 11.8 Å². The largest absolute Gasteiger partial charge is 0.480 e. The fourth-order valence-electron chi connectivity index (χ4n) is 3.16. The number of hydrogen-bond donors (Lipinski definition) is 6. The molecule has 0 radical (unpaired) electrons. The second kappa shape index (κ2) is 14.6. The first-order chi connectivity index (χ1) is 16.0. The molecule has 0 fully saturated rings. The van der Waals surface area contributed by atoms with Gasteiger partial charge in [0.2, 0.25) is 17.7 Å². The molecule has 11 heteroatoms. The van der Waals surface area contributed by atoms with Crippen LogP contribution in [0.2, 0.25) is 0 Å². The molecular formula is C23H36N4O6S. The molecule has 0 bridgehead atoms. The number of aliphatic carboxylic acids is 1. The van der Waals surface area contributed by atoms with Crippen molar-refractivity contribution < 1.29 is 29.4 Å². The van der Waals surface area contributed by atoms with Crippen LogP contribution in [0.1, 0.15) is 32.8 Å². The third-order valence-electron chi connectivity index (χ3n) is 5.17. The van der Waals surface area contributed by atoms with Crippen LogP contribution in [0.4, 0.5) is 0 Å². The summed E-state index contributed by atoms with van der Waals surface area (Å²) in [6.07, 6.45) is 1.03. The van der Waals surface area contributed by atoms with Crippen LogP contribution in [0, 0.1) is 5.92 Å². The van der Waals surface area contributed by atoms with Gasteiger partial charge in [-0.15, -0.1) is 0 Å². The third-order valence-corrected chi connectivity index (χ3v) is 5.81. The minimum Gasteiger partial charge on any atom is -0.480 e. The first kappa shape index (κ1) is 29.4. The van der Waals surface area contributed by atoms with Crippen LogP contribution in [0.3, 0.4) is 0 Å². The van der Waals surface area contributed by atoms with Crippen molar-refractivity contribution in [3.63, 3.8) is 0 Å². The van der Waals surface area contributed by atoms with E-state index in [1.165, 1.54) is 18.7 Å². The van der Waals surface area contributed by atoms with E-state index in [0.717, 1.165) is 5.56 Å². The first-order valence-corrected chi connectivity index (χ1v) is 12.5. The molecule has 0 spiro atoms. The second-order valence-corrected chi connectivity index (χ2v) is 9.42. The zero-order chi connectivity index (χ0) is 25.8. The molecule has 1 aromatic rings. The van der Waals surface area contributed by atoms with Crippen molar-refractivity contribution in [2.24, 2.45) is 11.7 Å². The Hall–Kier alpha value is -2.63. The van der Waals surface area contributed by atoms with Crippen LogP contribution in [-0.2, 0) is 25.6 Å². The van der Waals surface area contributed by atoms with Crippen LogP contribution < -0.4 is 21.7 Å². The van der Waals surface area contributed by atoms with Gasteiger partial charge >= 0.3 is 5.97 Å². The number of carboxylic acids is 1. The number of carbonyl (C=O) groups is 4. The van der Waals surface area contributed by atoms with Crippen molar-refractivity contribution in [2.45, 2.75) is 63.9 Å². The van der Waals surface area contributed by atoms with Crippen LogP contribution in [0.15, 0.2) is 30.3 Å². The lowest BCUT2D eigenvalue weighted by molar-refractivity contribution is -0.142. The molecule has 190 valence electrons. The summed E-state index contributed by atoms with van der Waals surface area (Å²) in [7, 11) is 0. The summed E-state index contributed by atoms with van der Waals surface area (Å²) in [6.45, 7) is 4.71. The summed E-state index contributed by atoms with van der Waals surface area (Å²) in [5.41, 5.74) is 6.81. The van der Waals surface area contributed by atoms with Crippen LogP contribution in [-0.4, -0.2) is 76.2 Å². The van der Waals surface area contributed by atoms with E-state index in [-0.39, 0.29) is 18.8 Å². The molecule has 0 saturated heterocycles. The summed E-state index contributed by atoms with van der Waals surface area (Å²) >= 11 is 1.45. The van der Waals surface area contributed by atoms with E-state index in [1.807, 2.05) is 36.6 Å². The highest BCUT2D eigenvalue weighted by Crippen LogP contribution is 2.08. The van der Waals surface area contributed by atoms with Crippen molar-refractivity contribution >= 4 is 35.5 Å². The van der Waals surface area contributed by atoms with Crippen LogP contribution in [0.5, 0.6) is 0 Å². The predicted octanol–water partition coefficient (Wildman–Crippen LogP) is -0.115. The normalized spacial score (nSPS) is 15.5. The number of aliphatic hydroxyl groups is 1. The van der Waals surface area contributed by atoms with E-state index in [2.05, 4.69) is 16.0 Å². The van der Waals surface area contributed by atoms with E-state index in [1.54, 1.807) is 13.8 Å². The Morgan fingerprint density at radius 2 is 1.50 bits per heavy atom. The number of benzene rings is 1. The SMILES string of the molecule is CSCCC(NC(=O)C(NC(=O)C(NC(=O)C(N)Cc1ccccc1)C(C)O)C(C)C)C(=O)O. The van der Waals surface area contributed by atoms with E-state index in [4.69, 9.17) is 5.73 Å². The van der Waals surface area contributed by atoms with Crippen molar-refractivity contribution in [1.82, 2.24) is 16.0 Å². The molecule has 0 saturated carbocycles. The summed E-state index contributed by atoms with van der Waals surface area (Å²) in [5.74, 6) is -3.08. The fraction of sp³-hybridized carbons (Fsp3) is 0.565. The number of amides is 3. The Morgan fingerprint density at radius 3 is 2.00 bits per heavy atom. The monoisotopic (exact) mass is 496 g/mol. The number of aliphatic hydroxyl groups excluding tert-OH is 1. The van der Waals surface area contributed by atoms with Gasteiger partial charge in [0.05, 0.1) is 12.1 Å². The number of rotatable bonds is 14. The maximum Gasteiger partial charge on any atom is 0.326 e. The Bertz CT molecular complexity index is 821. The van der Waals surface area contributed by atoms with Gasteiger partial charge in [-0.25, -0.2) is 4.79 Å². The van der Waals surface area contributed by atoms with Gasteiger partial charge in [0.15, 0.2) is 0 Å². The summed E-state index contributed by atoms with van der Waals surface area (Å²) in [4.78, 5) is 49.7. The van der Waals surface area contributed by atoms with Crippen molar-refractivity contribution in [2.75, 3.05) is 12.0 Å². The highest BCUT2D eigenvalue weighted by Gasteiger charge is 2.33. The zero-order valence-electron chi connectivity index (χ0n) is 20.0.